The van der Waals surface area contributed by atoms with Crippen molar-refractivity contribution in [2.45, 2.75) is 51.7 Å². The molecule has 1 saturated carbocycles. The Morgan fingerprint density at radius 2 is 2.11 bits per heavy atom. The Kier molecular flexibility index (Phi) is 4.72. The van der Waals surface area contributed by atoms with Gasteiger partial charge in [-0.2, -0.15) is 0 Å². The molecule has 2 unspecified atom stereocenters. The first-order chi connectivity index (χ1) is 8.70. The minimum atomic E-state index is 0.572. The molecule has 2 N–H and O–H groups in total. The minimum Gasteiger partial charge on any atom is -0.326 e. The predicted octanol–water partition coefficient (Wildman–Crippen LogP) is 2.55. The maximum absolute atomic E-state index is 5.59. The van der Waals surface area contributed by atoms with Crippen molar-refractivity contribution in [3.8, 4) is 0 Å². The second-order valence-electron chi connectivity index (χ2n) is 5.61. The number of rotatable bonds is 4. The molecule has 3 nitrogen and oxygen atoms in total. The molecule has 1 aromatic rings. The second-order valence-corrected chi connectivity index (χ2v) is 5.61. The van der Waals surface area contributed by atoms with Gasteiger partial charge in [-0.25, -0.2) is 0 Å². The van der Waals surface area contributed by atoms with E-state index in [2.05, 4.69) is 36.0 Å². The van der Waals surface area contributed by atoms with Crippen molar-refractivity contribution in [2.75, 3.05) is 7.05 Å². The number of aromatic nitrogens is 1. The molecule has 100 valence electrons. The lowest BCUT2D eigenvalue weighted by Crippen LogP contribution is -2.38. The Balaban J connectivity index is 1.94. The molecule has 0 saturated heterocycles. The van der Waals surface area contributed by atoms with E-state index in [0.717, 1.165) is 29.8 Å². The Morgan fingerprint density at radius 3 is 2.72 bits per heavy atom. The normalized spacial score (nSPS) is 24.4. The standard InChI is InChI=1S/C15H25N3/c1-12-5-3-4-6-15(12)18(2)11-14-8-7-13(9-16)10-17-14/h7-8,10,12,15H,3-6,9,11,16H2,1-2H3. The third-order valence-corrected chi connectivity index (χ3v) is 4.17. The molecule has 0 amide bonds. The molecule has 2 rings (SSSR count). The summed E-state index contributed by atoms with van der Waals surface area (Å²) >= 11 is 0. The van der Waals surface area contributed by atoms with Crippen LogP contribution in [0.4, 0.5) is 0 Å². The maximum atomic E-state index is 5.59. The molecule has 0 aliphatic heterocycles. The molecule has 0 bridgehead atoms. The summed E-state index contributed by atoms with van der Waals surface area (Å²) in [5, 5.41) is 0. The largest absolute Gasteiger partial charge is 0.326 e. The van der Waals surface area contributed by atoms with Gasteiger partial charge in [-0.1, -0.05) is 25.8 Å². The number of hydrogen-bond acceptors (Lipinski definition) is 3. The van der Waals surface area contributed by atoms with Crippen LogP contribution in [0.3, 0.4) is 0 Å². The highest BCUT2D eigenvalue weighted by molar-refractivity contribution is 5.13. The zero-order valence-corrected chi connectivity index (χ0v) is 11.6. The molecule has 0 aromatic carbocycles. The lowest BCUT2D eigenvalue weighted by Gasteiger charge is -2.36. The molecule has 0 spiro atoms. The second kappa shape index (κ2) is 6.30. The van der Waals surface area contributed by atoms with Crippen LogP contribution in [0.25, 0.3) is 0 Å². The lowest BCUT2D eigenvalue weighted by molar-refractivity contribution is 0.132. The first-order valence-electron chi connectivity index (χ1n) is 7.05. The summed E-state index contributed by atoms with van der Waals surface area (Å²) in [6.45, 7) is 3.90. The predicted molar refractivity (Wildman–Crippen MR) is 75.0 cm³/mol. The van der Waals surface area contributed by atoms with Crippen molar-refractivity contribution in [2.24, 2.45) is 11.7 Å². The van der Waals surface area contributed by atoms with E-state index in [4.69, 9.17) is 5.73 Å². The lowest BCUT2D eigenvalue weighted by atomic mass is 9.85. The highest BCUT2D eigenvalue weighted by Gasteiger charge is 2.24. The fourth-order valence-corrected chi connectivity index (χ4v) is 2.99. The molecule has 1 aliphatic carbocycles. The topological polar surface area (TPSA) is 42.1 Å². The number of hydrogen-bond donors (Lipinski definition) is 1. The average molecular weight is 247 g/mol. The summed E-state index contributed by atoms with van der Waals surface area (Å²) in [6.07, 6.45) is 7.37. The van der Waals surface area contributed by atoms with Gasteiger partial charge in [-0.05, 0) is 37.4 Å². The van der Waals surface area contributed by atoms with E-state index < -0.39 is 0 Å². The number of pyridine rings is 1. The van der Waals surface area contributed by atoms with Crippen LogP contribution in [-0.4, -0.2) is 23.0 Å². The summed E-state index contributed by atoms with van der Waals surface area (Å²) in [7, 11) is 2.23. The van der Waals surface area contributed by atoms with Crippen molar-refractivity contribution in [3.05, 3.63) is 29.6 Å². The summed E-state index contributed by atoms with van der Waals surface area (Å²) in [6, 6.07) is 4.90. The Hall–Kier alpha value is -0.930. The fourth-order valence-electron chi connectivity index (χ4n) is 2.99. The fraction of sp³-hybridized carbons (Fsp3) is 0.667. The first kappa shape index (κ1) is 13.5. The monoisotopic (exact) mass is 247 g/mol. The third-order valence-electron chi connectivity index (χ3n) is 4.17. The van der Waals surface area contributed by atoms with E-state index in [1.54, 1.807) is 0 Å². The average Bonchev–Trinajstić information content (AvgIpc) is 2.40. The quantitative estimate of drug-likeness (QED) is 0.889. The van der Waals surface area contributed by atoms with Gasteiger partial charge in [0.1, 0.15) is 0 Å². The van der Waals surface area contributed by atoms with Crippen LogP contribution in [0.1, 0.15) is 43.9 Å². The number of nitrogens with zero attached hydrogens (tertiary/aromatic N) is 2. The summed E-state index contributed by atoms with van der Waals surface area (Å²) < 4.78 is 0. The van der Waals surface area contributed by atoms with E-state index in [-0.39, 0.29) is 0 Å². The van der Waals surface area contributed by atoms with Crippen molar-refractivity contribution >= 4 is 0 Å². The highest BCUT2D eigenvalue weighted by atomic mass is 15.1. The zero-order valence-electron chi connectivity index (χ0n) is 11.6. The van der Waals surface area contributed by atoms with Gasteiger partial charge < -0.3 is 5.73 Å². The van der Waals surface area contributed by atoms with Gasteiger partial charge >= 0.3 is 0 Å². The van der Waals surface area contributed by atoms with Crippen molar-refractivity contribution in [1.29, 1.82) is 0 Å². The van der Waals surface area contributed by atoms with Crippen molar-refractivity contribution in [3.63, 3.8) is 0 Å². The Morgan fingerprint density at radius 1 is 1.33 bits per heavy atom. The van der Waals surface area contributed by atoms with Crippen LogP contribution >= 0.6 is 0 Å². The van der Waals surface area contributed by atoms with Crippen LogP contribution in [0.2, 0.25) is 0 Å². The van der Waals surface area contributed by atoms with E-state index in [1.165, 1.54) is 25.7 Å². The van der Waals surface area contributed by atoms with Gasteiger partial charge in [-0.3, -0.25) is 9.88 Å². The first-order valence-corrected chi connectivity index (χ1v) is 7.05. The minimum absolute atomic E-state index is 0.572. The summed E-state index contributed by atoms with van der Waals surface area (Å²) in [4.78, 5) is 6.95. The van der Waals surface area contributed by atoms with Gasteiger partial charge in [0, 0.05) is 25.3 Å². The zero-order chi connectivity index (χ0) is 13.0. The van der Waals surface area contributed by atoms with Crippen LogP contribution in [0.15, 0.2) is 18.3 Å². The van der Waals surface area contributed by atoms with E-state index in [9.17, 15) is 0 Å². The van der Waals surface area contributed by atoms with E-state index in [1.807, 2.05) is 6.20 Å². The SMILES string of the molecule is CC1CCCCC1N(C)Cc1ccc(CN)cn1. The Bertz CT molecular complexity index is 361. The van der Waals surface area contributed by atoms with E-state index >= 15 is 0 Å². The molecule has 3 heteroatoms. The number of nitrogens with two attached hydrogens (primary N) is 1. The van der Waals surface area contributed by atoms with Crippen LogP contribution in [0, 0.1) is 5.92 Å². The highest BCUT2D eigenvalue weighted by Crippen LogP contribution is 2.27. The van der Waals surface area contributed by atoms with E-state index in [0.29, 0.717) is 6.54 Å². The maximum Gasteiger partial charge on any atom is 0.0544 e. The summed E-state index contributed by atoms with van der Waals surface area (Å²) in [5.74, 6) is 0.812. The molecule has 1 heterocycles. The molecule has 18 heavy (non-hydrogen) atoms. The van der Waals surface area contributed by atoms with Crippen LogP contribution in [0.5, 0.6) is 0 Å². The van der Waals surface area contributed by atoms with Gasteiger partial charge in [-0.15, -0.1) is 0 Å². The van der Waals surface area contributed by atoms with Gasteiger partial charge in [0.25, 0.3) is 0 Å². The molecular formula is C15H25N3. The molecule has 0 radical (unpaired) electrons. The Labute approximate surface area is 110 Å². The van der Waals surface area contributed by atoms with Crippen molar-refractivity contribution < 1.29 is 0 Å². The molecule has 1 fully saturated rings. The molecular weight excluding hydrogens is 222 g/mol. The van der Waals surface area contributed by atoms with Crippen LogP contribution in [-0.2, 0) is 13.1 Å². The molecule has 2 atom stereocenters. The van der Waals surface area contributed by atoms with Gasteiger partial charge in [0.2, 0.25) is 0 Å². The summed E-state index contributed by atoms with van der Waals surface area (Å²) in [5.41, 5.74) is 7.84. The van der Waals surface area contributed by atoms with Gasteiger partial charge in [0.15, 0.2) is 0 Å². The van der Waals surface area contributed by atoms with Crippen molar-refractivity contribution in [1.82, 2.24) is 9.88 Å². The third kappa shape index (κ3) is 3.30. The van der Waals surface area contributed by atoms with Gasteiger partial charge in [0.05, 0.1) is 5.69 Å². The van der Waals surface area contributed by atoms with Crippen LogP contribution < -0.4 is 5.73 Å². The smallest absolute Gasteiger partial charge is 0.0544 e. The molecule has 1 aliphatic rings. The molecule has 1 aromatic heterocycles.